The number of nitrogens with one attached hydrogen (secondary N) is 1. The van der Waals surface area contributed by atoms with Crippen molar-refractivity contribution in [1.29, 1.82) is 0 Å². The van der Waals surface area contributed by atoms with Crippen LogP contribution in [0.15, 0.2) is 53.6 Å². The fourth-order valence-electron chi connectivity index (χ4n) is 3.38. The quantitative estimate of drug-likeness (QED) is 0.750. The van der Waals surface area contributed by atoms with Gasteiger partial charge in [0.1, 0.15) is 0 Å². The second kappa shape index (κ2) is 8.03. The molecule has 0 aliphatic carbocycles. The van der Waals surface area contributed by atoms with E-state index < -0.39 is 0 Å². The molecule has 0 unspecified atom stereocenters. The number of carbonyl (C=O) groups is 1. The summed E-state index contributed by atoms with van der Waals surface area (Å²) in [5, 5.41) is 6.84. The summed E-state index contributed by atoms with van der Waals surface area (Å²) >= 11 is 0. The first-order valence-electron chi connectivity index (χ1n) is 9.14. The van der Waals surface area contributed by atoms with E-state index in [1.165, 1.54) is 0 Å². The monoisotopic (exact) mass is 366 g/mol. The maximum atomic E-state index is 12.5. The number of hydrogen-bond donors (Lipinski definition) is 1. The molecule has 0 saturated carbocycles. The molecule has 0 bridgehead atoms. The molecular formula is C19H22N6O2. The molecule has 1 saturated heterocycles. The Hall–Kier alpha value is -3.16. The molecule has 140 valence electrons. The maximum Gasteiger partial charge on any atom is 0.317 e. The van der Waals surface area contributed by atoms with Crippen LogP contribution in [-0.2, 0) is 13.1 Å². The summed E-state index contributed by atoms with van der Waals surface area (Å²) in [7, 11) is 0. The van der Waals surface area contributed by atoms with Gasteiger partial charge in [0.05, 0.1) is 12.9 Å². The first-order valence-corrected chi connectivity index (χ1v) is 9.14. The summed E-state index contributed by atoms with van der Waals surface area (Å²) in [6, 6.07) is 9.49. The second-order valence-corrected chi connectivity index (χ2v) is 6.75. The minimum atomic E-state index is -0.0867. The highest BCUT2D eigenvalue weighted by Crippen LogP contribution is 2.19. The number of imidazole rings is 1. The summed E-state index contributed by atoms with van der Waals surface area (Å²) in [6.45, 7) is 2.65. The van der Waals surface area contributed by atoms with Gasteiger partial charge < -0.3 is 19.3 Å². The van der Waals surface area contributed by atoms with E-state index >= 15 is 0 Å². The van der Waals surface area contributed by atoms with Gasteiger partial charge >= 0.3 is 6.03 Å². The summed E-state index contributed by atoms with van der Waals surface area (Å²) < 4.78 is 7.34. The van der Waals surface area contributed by atoms with Crippen molar-refractivity contribution in [2.45, 2.75) is 25.9 Å². The molecule has 1 atom stereocenters. The highest BCUT2D eigenvalue weighted by molar-refractivity contribution is 5.74. The Bertz CT molecular complexity index is 861. The molecule has 2 amide bonds. The lowest BCUT2D eigenvalue weighted by Gasteiger charge is -2.32. The zero-order valence-corrected chi connectivity index (χ0v) is 15.0. The smallest absolute Gasteiger partial charge is 0.317 e. The second-order valence-electron chi connectivity index (χ2n) is 6.75. The molecular weight excluding hydrogens is 344 g/mol. The lowest BCUT2D eigenvalue weighted by Crippen LogP contribution is -2.46. The van der Waals surface area contributed by atoms with Gasteiger partial charge in [0.15, 0.2) is 5.82 Å². The average Bonchev–Trinajstić information content (AvgIpc) is 3.39. The van der Waals surface area contributed by atoms with Crippen molar-refractivity contribution in [3.63, 3.8) is 0 Å². The lowest BCUT2D eigenvalue weighted by atomic mass is 9.98. The van der Waals surface area contributed by atoms with Gasteiger partial charge in [-0.25, -0.2) is 9.78 Å². The van der Waals surface area contributed by atoms with Crippen LogP contribution in [0.1, 0.15) is 18.7 Å². The molecule has 8 heteroatoms. The topological polar surface area (TPSA) is 89.1 Å². The van der Waals surface area contributed by atoms with Crippen LogP contribution in [0.5, 0.6) is 0 Å². The Labute approximate surface area is 157 Å². The van der Waals surface area contributed by atoms with E-state index in [2.05, 4.69) is 25.0 Å². The highest BCUT2D eigenvalue weighted by atomic mass is 16.5. The van der Waals surface area contributed by atoms with Crippen molar-refractivity contribution in [1.82, 2.24) is 29.9 Å². The Morgan fingerprint density at radius 1 is 1.30 bits per heavy atom. The molecule has 8 nitrogen and oxygen atoms in total. The number of hydrogen-bond acceptors (Lipinski definition) is 5. The van der Waals surface area contributed by atoms with Crippen LogP contribution >= 0.6 is 0 Å². The van der Waals surface area contributed by atoms with Crippen molar-refractivity contribution in [3.05, 3.63) is 54.9 Å². The number of aromatic nitrogens is 4. The number of urea groups is 1. The van der Waals surface area contributed by atoms with Crippen molar-refractivity contribution in [2.24, 2.45) is 5.92 Å². The molecule has 3 aromatic rings. The average molecular weight is 366 g/mol. The van der Waals surface area contributed by atoms with Gasteiger partial charge in [-0.05, 0) is 30.9 Å². The number of amides is 2. The van der Waals surface area contributed by atoms with Gasteiger partial charge in [-0.1, -0.05) is 23.4 Å². The van der Waals surface area contributed by atoms with Crippen molar-refractivity contribution < 1.29 is 9.32 Å². The van der Waals surface area contributed by atoms with Gasteiger partial charge in [0.2, 0.25) is 0 Å². The van der Waals surface area contributed by atoms with Crippen LogP contribution in [-0.4, -0.2) is 43.7 Å². The Morgan fingerprint density at radius 2 is 2.19 bits per heavy atom. The molecule has 1 fully saturated rings. The SMILES string of the molecule is O=C(NCc1noc(-c2ccccc2)n1)N1CCC[C@H](Cn2ccnc2)C1. The van der Waals surface area contributed by atoms with Gasteiger partial charge in [-0.2, -0.15) is 4.98 Å². The van der Waals surface area contributed by atoms with Gasteiger partial charge in [-0.3, -0.25) is 0 Å². The number of benzene rings is 1. The van der Waals surface area contributed by atoms with Crippen LogP contribution < -0.4 is 5.32 Å². The third kappa shape index (κ3) is 4.33. The molecule has 27 heavy (non-hydrogen) atoms. The van der Waals surface area contributed by atoms with Crippen LogP contribution in [0.3, 0.4) is 0 Å². The van der Waals surface area contributed by atoms with Crippen LogP contribution in [0.4, 0.5) is 4.79 Å². The van der Waals surface area contributed by atoms with E-state index in [4.69, 9.17) is 4.52 Å². The summed E-state index contributed by atoms with van der Waals surface area (Å²) in [6.07, 6.45) is 7.68. The molecule has 4 rings (SSSR count). The van der Waals surface area contributed by atoms with Gasteiger partial charge in [-0.15, -0.1) is 0 Å². The van der Waals surface area contributed by atoms with E-state index in [-0.39, 0.29) is 12.6 Å². The summed E-state index contributed by atoms with van der Waals surface area (Å²) in [5.74, 6) is 1.36. The zero-order valence-electron chi connectivity index (χ0n) is 15.0. The molecule has 1 N–H and O–H groups in total. The Balaban J connectivity index is 1.29. The molecule has 2 aromatic heterocycles. The molecule has 1 aliphatic rings. The van der Waals surface area contributed by atoms with Crippen LogP contribution in [0.25, 0.3) is 11.5 Å². The number of carbonyl (C=O) groups excluding carboxylic acids is 1. The fourth-order valence-corrected chi connectivity index (χ4v) is 3.38. The van der Waals surface area contributed by atoms with E-state index in [0.29, 0.717) is 17.6 Å². The number of rotatable bonds is 5. The van der Waals surface area contributed by atoms with Crippen molar-refractivity contribution in [2.75, 3.05) is 13.1 Å². The van der Waals surface area contributed by atoms with Crippen LogP contribution in [0.2, 0.25) is 0 Å². The summed E-state index contributed by atoms with van der Waals surface area (Å²) in [5.41, 5.74) is 0.862. The predicted molar refractivity (Wildman–Crippen MR) is 98.5 cm³/mol. The highest BCUT2D eigenvalue weighted by Gasteiger charge is 2.24. The molecule has 3 heterocycles. The molecule has 1 aromatic carbocycles. The Morgan fingerprint density at radius 3 is 3.00 bits per heavy atom. The minimum Gasteiger partial charge on any atom is -0.337 e. The first kappa shape index (κ1) is 17.3. The standard InChI is InChI=1S/C19H22N6O2/c26-19(25-9-4-5-15(13-25)12-24-10-8-20-14-24)21-11-17-22-18(27-23-17)16-6-2-1-3-7-16/h1-3,6-8,10,14-15H,4-5,9,11-13H2,(H,21,26)/t15-/m1/s1. The van der Waals surface area contributed by atoms with Gasteiger partial charge in [0, 0.05) is 37.6 Å². The third-order valence-corrected chi connectivity index (χ3v) is 4.72. The molecule has 0 radical (unpaired) electrons. The molecule has 1 aliphatic heterocycles. The maximum absolute atomic E-state index is 12.5. The fraction of sp³-hybridized carbons (Fsp3) is 0.368. The number of likely N-dealkylation sites (tertiary alicyclic amines) is 1. The van der Waals surface area contributed by atoms with E-state index in [9.17, 15) is 4.79 Å². The summed E-state index contributed by atoms with van der Waals surface area (Å²) in [4.78, 5) is 22.8. The van der Waals surface area contributed by atoms with E-state index in [0.717, 1.165) is 38.0 Å². The van der Waals surface area contributed by atoms with Crippen molar-refractivity contribution in [3.8, 4) is 11.5 Å². The first-order chi connectivity index (χ1) is 13.3. The van der Waals surface area contributed by atoms with Crippen molar-refractivity contribution >= 4 is 6.03 Å². The number of piperidine rings is 1. The molecule has 0 spiro atoms. The lowest BCUT2D eigenvalue weighted by molar-refractivity contribution is 0.158. The third-order valence-electron chi connectivity index (χ3n) is 4.72. The van der Waals surface area contributed by atoms with E-state index in [1.807, 2.05) is 47.8 Å². The van der Waals surface area contributed by atoms with Crippen LogP contribution in [0, 0.1) is 5.92 Å². The normalized spacial score (nSPS) is 17.0. The Kier molecular flexibility index (Phi) is 5.13. The van der Waals surface area contributed by atoms with Gasteiger partial charge in [0.25, 0.3) is 5.89 Å². The minimum absolute atomic E-state index is 0.0867. The number of nitrogens with zero attached hydrogens (tertiary/aromatic N) is 5. The predicted octanol–water partition coefficient (Wildman–Crippen LogP) is 2.55. The largest absolute Gasteiger partial charge is 0.337 e. The zero-order chi connectivity index (χ0) is 18.5. The van der Waals surface area contributed by atoms with E-state index in [1.54, 1.807) is 6.20 Å².